The van der Waals surface area contributed by atoms with Gasteiger partial charge in [0.1, 0.15) is 5.75 Å². The molecule has 1 aliphatic heterocycles. The van der Waals surface area contributed by atoms with Crippen LogP contribution in [0, 0.1) is 0 Å². The number of thiophene rings is 1. The van der Waals surface area contributed by atoms with E-state index in [-0.39, 0.29) is 17.2 Å². The molecule has 4 rings (SSSR count). The second kappa shape index (κ2) is 11.0. The Morgan fingerprint density at radius 1 is 0.974 bits per heavy atom. The van der Waals surface area contributed by atoms with Gasteiger partial charge < -0.3 is 14.9 Å². The lowest BCUT2D eigenvalue weighted by Gasteiger charge is -2.36. The molecule has 0 unspecified atom stereocenters. The fourth-order valence-corrected chi connectivity index (χ4v) is 5.82. The number of carbonyl (C=O) groups excluding carboxylic acids is 2. The van der Waals surface area contributed by atoms with Gasteiger partial charge in [-0.3, -0.25) is 9.59 Å². The molecule has 1 aromatic heterocycles. The summed E-state index contributed by atoms with van der Waals surface area (Å²) in [7, 11) is -4.42. The van der Waals surface area contributed by atoms with Crippen LogP contribution in [0.15, 0.2) is 60.0 Å². The van der Waals surface area contributed by atoms with E-state index in [4.69, 9.17) is 0 Å². The topological polar surface area (TPSA) is 107 Å². The fraction of sp³-hybridized carbons (Fsp3) is 0.280. The van der Waals surface area contributed by atoms with Crippen molar-refractivity contribution in [1.82, 2.24) is 9.62 Å². The van der Waals surface area contributed by atoms with Crippen LogP contribution in [0.1, 0.15) is 26.5 Å². The second-order valence-electron chi connectivity index (χ2n) is 8.69. The van der Waals surface area contributed by atoms with Gasteiger partial charge in [-0.2, -0.15) is 13.2 Å². The lowest BCUT2D eigenvalue weighted by Crippen LogP contribution is -2.48. The number of benzene rings is 2. The minimum atomic E-state index is -4.65. The van der Waals surface area contributed by atoms with Crippen molar-refractivity contribution in [1.29, 1.82) is 0 Å². The van der Waals surface area contributed by atoms with Crippen LogP contribution in [-0.4, -0.2) is 68.3 Å². The number of phenols is 1. The number of piperazine rings is 1. The summed E-state index contributed by atoms with van der Waals surface area (Å²) in [6, 6.07) is 14.7. The van der Waals surface area contributed by atoms with Gasteiger partial charge in [0.05, 0.1) is 17.1 Å². The zero-order valence-electron chi connectivity index (χ0n) is 19.9. The molecule has 0 saturated carbocycles. The Morgan fingerprint density at radius 2 is 1.66 bits per heavy atom. The molecule has 1 fully saturated rings. The normalized spacial score (nSPS) is 14.4. The number of hydrogen-bond acceptors (Lipinski definition) is 7. The van der Waals surface area contributed by atoms with Crippen LogP contribution in [0.3, 0.4) is 0 Å². The van der Waals surface area contributed by atoms with E-state index in [1.807, 2.05) is 16.3 Å². The monoisotopic (exact) mass is 567 g/mol. The molecular weight excluding hydrogens is 543 g/mol. The van der Waals surface area contributed by atoms with E-state index in [1.165, 1.54) is 23.5 Å². The van der Waals surface area contributed by atoms with Gasteiger partial charge in [0.25, 0.3) is 11.8 Å². The molecule has 3 aromatic rings. The predicted molar refractivity (Wildman–Crippen MR) is 138 cm³/mol. The summed E-state index contributed by atoms with van der Waals surface area (Å²) in [6.45, 7) is 2.01. The molecular formula is C25H24F3N3O5S2. The van der Waals surface area contributed by atoms with Crippen LogP contribution < -0.4 is 9.62 Å². The molecule has 0 spiro atoms. The lowest BCUT2D eigenvalue weighted by molar-refractivity contribution is -0.130. The van der Waals surface area contributed by atoms with E-state index in [0.29, 0.717) is 31.1 Å². The predicted octanol–water partition coefficient (Wildman–Crippen LogP) is 4.10. The third-order valence-electron chi connectivity index (χ3n) is 5.95. The Labute approximate surface area is 221 Å². The van der Waals surface area contributed by atoms with Crippen LogP contribution >= 0.6 is 11.3 Å². The lowest BCUT2D eigenvalue weighted by atomic mass is 10.1. The molecule has 2 heterocycles. The van der Waals surface area contributed by atoms with Gasteiger partial charge in [0.2, 0.25) is 10.0 Å². The number of alkyl halides is 3. The Morgan fingerprint density at radius 3 is 2.29 bits per heavy atom. The zero-order chi connectivity index (χ0) is 27.5. The van der Waals surface area contributed by atoms with Gasteiger partial charge in [0.15, 0.2) is 0 Å². The summed E-state index contributed by atoms with van der Waals surface area (Å²) in [5.74, 6) is -2.17. The number of carbonyl (C=O) groups is 2. The molecule has 2 aromatic carbocycles. The quantitative estimate of drug-likeness (QED) is 0.446. The molecule has 0 bridgehead atoms. The first-order valence-electron chi connectivity index (χ1n) is 11.5. The van der Waals surface area contributed by atoms with E-state index in [2.05, 4.69) is 0 Å². The highest BCUT2D eigenvalue weighted by molar-refractivity contribution is 7.90. The van der Waals surface area contributed by atoms with Crippen molar-refractivity contribution < 1.29 is 36.3 Å². The molecule has 1 saturated heterocycles. The second-order valence-corrected chi connectivity index (χ2v) is 11.4. The number of phenolic OH excluding ortho intramolecular Hbond substituents is 1. The van der Waals surface area contributed by atoms with Gasteiger partial charge in [-0.25, -0.2) is 13.1 Å². The summed E-state index contributed by atoms with van der Waals surface area (Å²) in [6.07, 6.45) is -6.19. The first-order valence-corrected chi connectivity index (χ1v) is 14.1. The molecule has 2 amide bonds. The number of aromatic hydroxyl groups is 1. The third-order valence-corrected chi connectivity index (χ3v) is 8.11. The highest BCUT2D eigenvalue weighted by atomic mass is 32.2. The maximum Gasteiger partial charge on any atom is 0.390 e. The van der Waals surface area contributed by atoms with Crippen molar-refractivity contribution in [3.05, 3.63) is 70.4 Å². The van der Waals surface area contributed by atoms with Crippen molar-refractivity contribution in [2.75, 3.05) is 36.8 Å². The summed E-state index contributed by atoms with van der Waals surface area (Å²) >= 11 is 1.34. The number of sulfonamides is 1. The SMILES string of the molecule is O=C(NS(=O)(=O)CCC(F)(F)F)c1ccc(N2CCN(C(=O)c3cc(-c4cccc(O)c4)cs3)CC2)cc1. The van der Waals surface area contributed by atoms with E-state index in [9.17, 15) is 36.3 Å². The minimum Gasteiger partial charge on any atom is -0.508 e. The average molecular weight is 568 g/mol. The Hall–Kier alpha value is -3.58. The van der Waals surface area contributed by atoms with E-state index >= 15 is 0 Å². The van der Waals surface area contributed by atoms with Crippen LogP contribution in [0.4, 0.5) is 18.9 Å². The summed E-state index contributed by atoms with van der Waals surface area (Å²) in [5, 5.41) is 11.6. The number of amides is 2. The first kappa shape index (κ1) is 27.5. The maximum absolute atomic E-state index is 13.0. The molecule has 13 heteroatoms. The van der Waals surface area contributed by atoms with E-state index in [1.54, 1.807) is 46.0 Å². The minimum absolute atomic E-state index is 0.00150. The molecule has 2 N–H and O–H groups in total. The van der Waals surface area contributed by atoms with Gasteiger partial charge in [-0.15, -0.1) is 11.3 Å². The van der Waals surface area contributed by atoms with Crippen molar-refractivity contribution >= 4 is 38.9 Å². The molecule has 0 aliphatic carbocycles. The summed E-state index contributed by atoms with van der Waals surface area (Å²) in [5.41, 5.74) is 2.43. The standard InChI is InChI=1S/C25H24F3N3O5S2/c26-25(27,28)8-13-38(35,36)29-23(33)17-4-6-20(7-5-17)30-9-11-31(12-10-30)24(34)22-15-19(16-37-22)18-2-1-3-21(32)14-18/h1-7,14-16,32H,8-13H2,(H,29,33). The molecule has 38 heavy (non-hydrogen) atoms. The fourth-order valence-electron chi connectivity index (χ4n) is 3.93. The smallest absolute Gasteiger partial charge is 0.390 e. The number of nitrogens with one attached hydrogen (secondary N) is 1. The van der Waals surface area contributed by atoms with Crippen LogP contribution in [0.5, 0.6) is 5.75 Å². The molecule has 202 valence electrons. The summed E-state index contributed by atoms with van der Waals surface area (Å²) < 4.78 is 62.1. The average Bonchev–Trinajstić information content (AvgIpc) is 3.37. The number of hydrogen-bond donors (Lipinski definition) is 2. The summed E-state index contributed by atoms with van der Waals surface area (Å²) in [4.78, 5) is 29.6. The Balaban J connectivity index is 1.31. The maximum atomic E-state index is 13.0. The Kier molecular flexibility index (Phi) is 7.97. The Bertz CT molecular complexity index is 1410. The van der Waals surface area contributed by atoms with Gasteiger partial charge >= 0.3 is 6.18 Å². The van der Waals surface area contributed by atoms with Crippen LogP contribution in [0.25, 0.3) is 11.1 Å². The highest BCUT2D eigenvalue weighted by Crippen LogP contribution is 2.29. The molecule has 8 nitrogen and oxygen atoms in total. The van der Waals surface area contributed by atoms with Crippen LogP contribution in [0.2, 0.25) is 0 Å². The largest absolute Gasteiger partial charge is 0.508 e. The molecule has 0 radical (unpaired) electrons. The van der Waals surface area contributed by atoms with Crippen molar-refractivity contribution in [2.24, 2.45) is 0 Å². The first-order chi connectivity index (χ1) is 17.9. The van der Waals surface area contributed by atoms with Crippen LogP contribution in [-0.2, 0) is 10.0 Å². The van der Waals surface area contributed by atoms with Crippen molar-refractivity contribution in [2.45, 2.75) is 12.6 Å². The van der Waals surface area contributed by atoms with E-state index < -0.39 is 34.3 Å². The molecule has 1 aliphatic rings. The van der Waals surface area contributed by atoms with Gasteiger partial charge in [-0.1, -0.05) is 12.1 Å². The molecule has 0 atom stereocenters. The number of anilines is 1. The number of rotatable bonds is 7. The van der Waals surface area contributed by atoms with Gasteiger partial charge in [0, 0.05) is 37.4 Å². The highest BCUT2D eigenvalue weighted by Gasteiger charge is 2.30. The third kappa shape index (κ3) is 7.04. The van der Waals surface area contributed by atoms with Gasteiger partial charge in [-0.05, 0) is 59.0 Å². The van der Waals surface area contributed by atoms with Crippen molar-refractivity contribution in [3.63, 3.8) is 0 Å². The zero-order valence-corrected chi connectivity index (χ0v) is 21.6. The number of halogens is 3. The van der Waals surface area contributed by atoms with E-state index in [0.717, 1.165) is 16.8 Å². The number of nitrogens with zero attached hydrogens (tertiary/aromatic N) is 2. The van der Waals surface area contributed by atoms with Crippen molar-refractivity contribution in [3.8, 4) is 16.9 Å².